The summed E-state index contributed by atoms with van der Waals surface area (Å²) in [6, 6.07) is 10.9. The molecule has 10 heteroatoms. The number of halogens is 2. The summed E-state index contributed by atoms with van der Waals surface area (Å²) in [5.41, 5.74) is 6.28. The molecule has 140 valence electrons. The summed E-state index contributed by atoms with van der Waals surface area (Å²) in [4.78, 5) is 15.1. The average molecular weight is 426 g/mol. The molecule has 27 heavy (non-hydrogen) atoms. The first-order valence-corrected chi connectivity index (χ1v) is 10.0. The zero-order valence-corrected chi connectivity index (χ0v) is 16.1. The molecule has 2 aromatic carbocycles. The van der Waals surface area contributed by atoms with Crippen LogP contribution in [0.2, 0.25) is 10.0 Å². The number of nitrogens with two attached hydrogens (primary N) is 1. The highest BCUT2D eigenvalue weighted by atomic mass is 35.5. The molecule has 0 aliphatic rings. The van der Waals surface area contributed by atoms with Crippen molar-refractivity contribution in [2.45, 2.75) is 11.3 Å². The van der Waals surface area contributed by atoms with E-state index in [1.807, 2.05) is 0 Å². The molecule has 0 unspecified atom stereocenters. The Kier molecular flexibility index (Phi) is 5.50. The van der Waals surface area contributed by atoms with E-state index in [9.17, 15) is 13.2 Å². The Hall–Kier alpha value is -2.42. The number of carbonyl (C=O) groups is 1. The molecule has 0 aliphatic heterocycles. The van der Waals surface area contributed by atoms with E-state index in [4.69, 9.17) is 33.5 Å². The second-order valence-electron chi connectivity index (χ2n) is 5.68. The third kappa shape index (κ3) is 4.65. The van der Waals surface area contributed by atoms with E-state index in [1.165, 1.54) is 24.3 Å². The average Bonchev–Trinajstić information content (AvgIpc) is 3.05. The summed E-state index contributed by atoms with van der Waals surface area (Å²) in [6.45, 7) is 0. The van der Waals surface area contributed by atoms with Gasteiger partial charge in [0.25, 0.3) is 5.89 Å². The van der Waals surface area contributed by atoms with Crippen LogP contribution >= 0.6 is 23.2 Å². The lowest BCUT2D eigenvalue weighted by molar-refractivity contribution is -0.115. The zero-order valence-electron chi connectivity index (χ0n) is 13.7. The van der Waals surface area contributed by atoms with Crippen LogP contribution in [0.3, 0.4) is 0 Å². The van der Waals surface area contributed by atoms with Crippen molar-refractivity contribution in [3.63, 3.8) is 0 Å². The molecular weight excluding hydrogens is 413 g/mol. The van der Waals surface area contributed by atoms with E-state index in [2.05, 4.69) is 10.1 Å². The Bertz CT molecular complexity index is 1100. The van der Waals surface area contributed by atoms with Crippen LogP contribution in [0, 0.1) is 0 Å². The van der Waals surface area contributed by atoms with Gasteiger partial charge in [0, 0.05) is 22.0 Å². The molecule has 0 aliphatic carbocycles. The van der Waals surface area contributed by atoms with Crippen LogP contribution < -0.4 is 5.73 Å². The Morgan fingerprint density at radius 2 is 1.81 bits per heavy atom. The van der Waals surface area contributed by atoms with Gasteiger partial charge in [-0.05, 0) is 42.0 Å². The molecule has 2 N–H and O–H groups in total. The topological polar surface area (TPSA) is 116 Å². The van der Waals surface area contributed by atoms with Gasteiger partial charge < -0.3 is 10.3 Å². The van der Waals surface area contributed by atoms with Gasteiger partial charge in [-0.3, -0.25) is 4.79 Å². The number of hydrogen-bond donors (Lipinski definition) is 1. The SMILES string of the molecule is NC(=O)CS(=O)(=O)c1ccc(-c2nc(Cc3ccc(Cl)cc3Cl)no2)cc1. The lowest BCUT2D eigenvalue weighted by Crippen LogP contribution is -2.23. The summed E-state index contributed by atoms with van der Waals surface area (Å²) in [5.74, 6) is -1.02. The fourth-order valence-corrected chi connectivity index (χ4v) is 3.92. The maximum absolute atomic E-state index is 12.0. The number of amides is 1. The Morgan fingerprint density at radius 1 is 1.11 bits per heavy atom. The van der Waals surface area contributed by atoms with E-state index in [-0.39, 0.29) is 10.8 Å². The first-order chi connectivity index (χ1) is 12.7. The summed E-state index contributed by atoms with van der Waals surface area (Å²) in [6.07, 6.45) is 0.352. The van der Waals surface area contributed by atoms with Gasteiger partial charge in [-0.2, -0.15) is 4.98 Å². The molecule has 3 aromatic rings. The van der Waals surface area contributed by atoms with E-state index in [1.54, 1.807) is 18.2 Å². The van der Waals surface area contributed by atoms with Crippen molar-refractivity contribution in [1.82, 2.24) is 10.1 Å². The summed E-state index contributed by atoms with van der Waals surface area (Å²) >= 11 is 12.0. The highest BCUT2D eigenvalue weighted by Crippen LogP contribution is 2.24. The van der Waals surface area contributed by atoms with Crippen LogP contribution in [0.1, 0.15) is 11.4 Å². The number of sulfone groups is 1. The van der Waals surface area contributed by atoms with Gasteiger partial charge in [0.2, 0.25) is 5.91 Å². The number of aromatic nitrogens is 2. The molecule has 0 fully saturated rings. The minimum atomic E-state index is -3.77. The second kappa shape index (κ2) is 7.67. The predicted molar refractivity (Wildman–Crippen MR) is 100 cm³/mol. The smallest absolute Gasteiger partial charge is 0.257 e. The lowest BCUT2D eigenvalue weighted by Gasteiger charge is -2.02. The largest absolute Gasteiger partial charge is 0.369 e. The predicted octanol–water partition coefficient (Wildman–Crippen LogP) is 2.89. The summed E-state index contributed by atoms with van der Waals surface area (Å²) in [7, 11) is -3.77. The van der Waals surface area contributed by atoms with Crippen LogP contribution in [-0.4, -0.2) is 30.2 Å². The Morgan fingerprint density at radius 3 is 2.44 bits per heavy atom. The third-order valence-corrected chi connectivity index (χ3v) is 5.87. The first-order valence-electron chi connectivity index (χ1n) is 7.62. The van der Waals surface area contributed by atoms with Gasteiger partial charge in [0.1, 0.15) is 5.75 Å². The van der Waals surface area contributed by atoms with Gasteiger partial charge in [-0.25, -0.2) is 8.42 Å². The standard InChI is InChI=1S/C17H13Cl2N3O4S/c18-12-4-1-11(14(19)8-12)7-16-21-17(26-22-16)10-2-5-13(6-3-10)27(24,25)9-15(20)23/h1-6,8H,7,9H2,(H2,20,23). The normalized spacial score (nSPS) is 11.5. The lowest BCUT2D eigenvalue weighted by atomic mass is 10.1. The summed E-state index contributed by atoms with van der Waals surface area (Å²) < 4.78 is 29.2. The van der Waals surface area contributed by atoms with Gasteiger partial charge in [0.05, 0.1) is 4.90 Å². The molecule has 1 amide bonds. The van der Waals surface area contributed by atoms with Crippen molar-refractivity contribution >= 4 is 38.9 Å². The maximum atomic E-state index is 12.0. The number of primary amides is 1. The van der Waals surface area contributed by atoms with Crippen molar-refractivity contribution in [2.75, 3.05) is 5.75 Å². The number of benzene rings is 2. The molecule has 1 heterocycles. The molecule has 0 radical (unpaired) electrons. The monoisotopic (exact) mass is 425 g/mol. The minimum absolute atomic E-state index is 0.0160. The van der Waals surface area contributed by atoms with Crippen LogP contribution in [0.25, 0.3) is 11.5 Å². The quantitative estimate of drug-likeness (QED) is 0.648. The van der Waals surface area contributed by atoms with Crippen molar-refractivity contribution in [1.29, 1.82) is 0 Å². The second-order valence-corrected chi connectivity index (χ2v) is 8.51. The van der Waals surface area contributed by atoms with E-state index < -0.39 is 21.5 Å². The van der Waals surface area contributed by atoms with E-state index in [0.717, 1.165) is 5.56 Å². The van der Waals surface area contributed by atoms with Crippen LogP contribution in [0.5, 0.6) is 0 Å². The van der Waals surface area contributed by atoms with Gasteiger partial charge in [-0.1, -0.05) is 34.4 Å². The molecule has 0 saturated carbocycles. The number of hydrogen-bond acceptors (Lipinski definition) is 6. The van der Waals surface area contributed by atoms with E-state index in [0.29, 0.717) is 27.9 Å². The van der Waals surface area contributed by atoms with Crippen molar-refractivity contribution < 1.29 is 17.7 Å². The van der Waals surface area contributed by atoms with Crippen LogP contribution in [-0.2, 0) is 21.1 Å². The maximum Gasteiger partial charge on any atom is 0.257 e. The fourth-order valence-electron chi connectivity index (χ4n) is 2.35. The highest BCUT2D eigenvalue weighted by molar-refractivity contribution is 7.92. The van der Waals surface area contributed by atoms with Crippen LogP contribution in [0.4, 0.5) is 0 Å². The van der Waals surface area contributed by atoms with Gasteiger partial charge in [-0.15, -0.1) is 0 Å². The minimum Gasteiger partial charge on any atom is -0.369 e. The van der Waals surface area contributed by atoms with Gasteiger partial charge in [0.15, 0.2) is 15.7 Å². The number of carbonyl (C=O) groups excluding carboxylic acids is 1. The molecule has 0 spiro atoms. The number of rotatable bonds is 6. The van der Waals surface area contributed by atoms with E-state index >= 15 is 0 Å². The first kappa shape index (κ1) is 19.3. The van der Waals surface area contributed by atoms with Crippen molar-refractivity contribution in [3.8, 4) is 11.5 Å². The van der Waals surface area contributed by atoms with Crippen molar-refractivity contribution in [3.05, 3.63) is 63.9 Å². The Labute approximate surface area is 165 Å². The van der Waals surface area contributed by atoms with Crippen molar-refractivity contribution in [2.24, 2.45) is 5.73 Å². The number of nitrogens with zero attached hydrogens (tertiary/aromatic N) is 2. The summed E-state index contributed by atoms with van der Waals surface area (Å²) in [5, 5.41) is 4.93. The Balaban J connectivity index is 1.79. The molecule has 3 rings (SSSR count). The molecule has 7 nitrogen and oxygen atoms in total. The third-order valence-electron chi connectivity index (χ3n) is 3.62. The molecule has 0 bridgehead atoms. The van der Waals surface area contributed by atoms with Gasteiger partial charge >= 0.3 is 0 Å². The molecule has 0 saturated heterocycles. The molecule has 1 aromatic heterocycles. The zero-order chi connectivity index (χ0) is 19.6. The fraction of sp³-hybridized carbons (Fsp3) is 0.118. The van der Waals surface area contributed by atoms with Crippen LogP contribution in [0.15, 0.2) is 51.9 Å². The molecule has 0 atom stereocenters. The molecular formula is C17H13Cl2N3O4S. The highest BCUT2D eigenvalue weighted by Gasteiger charge is 2.18.